The van der Waals surface area contributed by atoms with Crippen LogP contribution < -0.4 is 4.57 Å². The standard InChI is InChI=1S/C13H12N3P/c1-2-4-10(5-3-1)15-7-12(14-9-15)13-6-11-8-17-16(11)13/h1-5,7-9,11,13H,6H2/p+1. The number of aromatic amines is 1. The van der Waals surface area contributed by atoms with Crippen LogP contribution in [0.15, 0.2) is 42.9 Å². The lowest BCUT2D eigenvalue weighted by Crippen LogP contribution is -2.50. The topological polar surface area (TPSA) is 22.9 Å². The Hall–Kier alpha value is -1.44. The van der Waals surface area contributed by atoms with E-state index in [4.69, 9.17) is 0 Å². The van der Waals surface area contributed by atoms with Crippen LogP contribution in [-0.2, 0) is 0 Å². The molecule has 0 radical (unpaired) electrons. The summed E-state index contributed by atoms with van der Waals surface area (Å²) < 4.78 is 4.66. The van der Waals surface area contributed by atoms with Gasteiger partial charge < -0.3 is 0 Å². The predicted molar refractivity (Wildman–Crippen MR) is 68.3 cm³/mol. The van der Waals surface area contributed by atoms with Crippen LogP contribution in [0.4, 0.5) is 0 Å². The number of hydrogen-bond donors (Lipinski definition) is 1. The van der Waals surface area contributed by atoms with Gasteiger partial charge in [0, 0.05) is 6.04 Å². The monoisotopic (exact) mass is 242 g/mol. The van der Waals surface area contributed by atoms with Crippen LogP contribution in [0.2, 0.25) is 0 Å². The smallest absolute Gasteiger partial charge is 0.246 e. The van der Waals surface area contributed by atoms with Crippen molar-refractivity contribution in [1.82, 2.24) is 9.65 Å². The Labute approximate surface area is 102 Å². The summed E-state index contributed by atoms with van der Waals surface area (Å²) in [5, 5.41) is 0. The predicted octanol–water partition coefficient (Wildman–Crippen LogP) is 2.08. The second kappa shape index (κ2) is 3.52. The Morgan fingerprint density at radius 3 is 2.82 bits per heavy atom. The van der Waals surface area contributed by atoms with E-state index in [1.807, 2.05) is 12.4 Å². The molecule has 3 nitrogen and oxygen atoms in total. The Bertz CT molecular complexity index is 575. The van der Waals surface area contributed by atoms with Crippen molar-refractivity contribution in [3.05, 3.63) is 48.5 Å². The zero-order valence-electron chi connectivity index (χ0n) is 9.32. The molecular formula is C13H13N3P+. The summed E-state index contributed by atoms with van der Waals surface area (Å²) in [6.45, 7) is 0. The molecular weight excluding hydrogens is 229 g/mol. The minimum absolute atomic E-state index is 0.594. The van der Waals surface area contributed by atoms with Gasteiger partial charge >= 0.3 is 0 Å². The minimum Gasteiger partial charge on any atom is -0.246 e. The molecule has 2 unspecified atom stereocenters. The molecule has 2 atom stereocenters. The van der Waals surface area contributed by atoms with Crippen LogP contribution in [0.1, 0.15) is 18.2 Å². The zero-order valence-corrected chi connectivity index (χ0v) is 10.2. The van der Waals surface area contributed by atoms with Crippen LogP contribution in [0.3, 0.4) is 0 Å². The van der Waals surface area contributed by atoms with Crippen LogP contribution in [0.25, 0.3) is 5.69 Å². The van der Waals surface area contributed by atoms with Crippen LogP contribution in [-0.4, -0.2) is 21.5 Å². The first-order valence-electron chi connectivity index (χ1n) is 5.89. The lowest BCUT2D eigenvalue weighted by atomic mass is 9.96. The van der Waals surface area contributed by atoms with Gasteiger partial charge in [-0.15, -0.1) is 0 Å². The number of aromatic nitrogens is 2. The summed E-state index contributed by atoms with van der Waals surface area (Å²) in [6, 6.07) is 11.8. The zero-order chi connectivity index (χ0) is 11.2. The fourth-order valence-corrected chi connectivity index (χ4v) is 3.56. The second-order valence-corrected chi connectivity index (χ2v) is 5.56. The van der Waals surface area contributed by atoms with E-state index in [9.17, 15) is 0 Å². The number of hydrogen-bond acceptors (Lipinski definition) is 1. The first-order valence-corrected chi connectivity index (χ1v) is 6.81. The average Bonchev–Trinajstić information content (AvgIpc) is 2.83. The molecule has 1 aromatic heterocycles. The van der Waals surface area contributed by atoms with Gasteiger partial charge in [-0.05, 0) is 32.7 Å². The highest BCUT2D eigenvalue weighted by atomic mass is 31.1. The number of nitrogens with zero attached hydrogens (tertiary/aromatic N) is 2. The summed E-state index contributed by atoms with van der Waals surface area (Å²) in [6.07, 6.45) is 5.52. The number of imidazole rings is 1. The molecule has 1 fully saturated rings. The minimum atomic E-state index is 0.594. The quantitative estimate of drug-likeness (QED) is 0.632. The van der Waals surface area contributed by atoms with E-state index >= 15 is 0 Å². The number of H-pyrrole nitrogens is 1. The van der Waals surface area contributed by atoms with Crippen molar-refractivity contribution in [3.63, 3.8) is 0 Å². The average molecular weight is 242 g/mol. The largest absolute Gasteiger partial charge is 0.247 e. The molecule has 4 heteroatoms. The summed E-state index contributed by atoms with van der Waals surface area (Å²) in [5.41, 5.74) is 2.53. The lowest BCUT2D eigenvalue weighted by molar-refractivity contribution is -0.594. The van der Waals surface area contributed by atoms with Crippen molar-refractivity contribution in [2.45, 2.75) is 18.5 Å². The van der Waals surface area contributed by atoms with Crippen molar-refractivity contribution in [2.75, 3.05) is 0 Å². The van der Waals surface area contributed by atoms with Crippen molar-refractivity contribution in [2.24, 2.45) is 0 Å². The van der Waals surface area contributed by atoms with Crippen molar-refractivity contribution >= 4 is 14.2 Å². The molecule has 1 aromatic carbocycles. The van der Waals surface area contributed by atoms with E-state index < -0.39 is 0 Å². The molecule has 1 N–H and O–H groups in total. The molecule has 2 aliphatic rings. The third kappa shape index (κ3) is 1.40. The maximum Gasteiger partial charge on any atom is 0.247 e. The van der Waals surface area contributed by atoms with E-state index in [0.29, 0.717) is 6.04 Å². The van der Waals surface area contributed by atoms with Crippen LogP contribution in [0.5, 0.6) is 0 Å². The molecule has 0 spiro atoms. The first-order chi connectivity index (χ1) is 8.42. The van der Waals surface area contributed by atoms with Gasteiger partial charge in [-0.3, -0.25) is 0 Å². The van der Waals surface area contributed by atoms with E-state index in [1.165, 1.54) is 26.2 Å². The lowest BCUT2D eigenvalue weighted by Gasteiger charge is -2.48. The normalized spacial score (nSPS) is 27.1. The Morgan fingerprint density at radius 2 is 2.18 bits per heavy atom. The molecule has 17 heavy (non-hydrogen) atoms. The van der Waals surface area contributed by atoms with Gasteiger partial charge in [0.05, 0.1) is 6.04 Å². The van der Waals surface area contributed by atoms with Gasteiger partial charge in [-0.25, -0.2) is 14.2 Å². The first kappa shape index (κ1) is 9.58. The van der Waals surface area contributed by atoms with Crippen molar-refractivity contribution in [3.8, 4) is 5.69 Å². The number of para-hydroxylation sites is 1. The highest BCUT2D eigenvalue weighted by Crippen LogP contribution is 2.47. The summed E-state index contributed by atoms with van der Waals surface area (Å²) >= 11 is 0. The molecule has 0 aliphatic carbocycles. The van der Waals surface area contributed by atoms with Gasteiger partial charge in [0.1, 0.15) is 11.9 Å². The van der Waals surface area contributed by atoms with E-state index in [0.717, 1.165) is 6.04 Å². The van der Waals surface area contributed by atoms with Gasteiger partial charge in [-0.2, -0.15) is 0 Å². The Morgan fingerprint density at radius 1 is 1.29 bits per heavy atom. The summed E-state index contributed by atoms with van der Waals surface area (Å²) in [7, 11) is 1.38. The Balaban J connectivity index is 1.63. The van der Waals surface area contributed by atoms with Crippen molar-refractivity contribution in [1.29, 1.82) is 0 Å². The maximum atomic E-state index is 3.39. The van der Waals surface area contributed by atoms with Gasteiger partial charge in [0.25, 0.3) is 0 Å². The van der Waals surface area contributed by atoms with Crippen LogP contribution in [0, 0.1) is 0 Å². The fourth-order valence-electron chi connectivity index (χ4n) is 2.49. The van der Waals surface area contributed by atoms with Gasteiger partial charge in [-0.1, -0.05) is 18.2 Å². The molecule has 3 heterocycles. The highest BCUT2D eigenvalue weighted by Gasteiger charge is 2.44. The van der Waals surface area contributed by atoms with Gasteiger partial charge in [0.15, 0.2) is 5.69 Å². The third-order valence-corrected chi connectivity index (χ3v) is 4.88. The number of benzene rings is 1. The SMILES string of the molecule is C1=PN2C1CC2c1c[n+](-c2ccccc2)c[nH]1. The summed E-state index contributed by atoms with van der Waals surface area (Å²) in [5.74, 6) is 2.37. The molecule has 0 saturated carbocycles. The van der Waals surface area contributed by atoms with Gasteiger partial charge in [0.2, 0.25) is 6.33 Å². The summed E-state index contributed by atoms with van der Waals surface area (Å²) in [4.78, 5) is 3.39. The maximum absolute atomic E-state index is 3.39. The van der Waals surface area contributed by atoms with Crippen molar-refractivity contribution < 1.29 is 4.57 Å². The van der Waals surface area contributed by atoms with Crippen LogP contribution >= 0.6 is 8.35 Å². The molecule has 84 valence electrons. The molecule has 4 rings (SSSR count). The molecule has 2 aromatic rings. The highest BCUT2D eigenvalue weighted by molar-refractivity contribution is 7.38. The molecule has 2 aliphatic heterocycles. The van der Waals surface area contributed by atoms with E-state index in [1.54, 1.807) is 0 Å². The van der Waals surface area contributed by atoms with E-state index in [2.05, 4.69) is 50.5 Å². The molecule has 1 saturated heterocycles. The number of rotatable bonds is 2. The molecule has 0 bridgehead atoms. The molecule has 0 amide bonds. The fraction of sp³-hybridized carbons (Fsp3) is 0.231. The second-order valence-electron chi connectivity index (χ2n) is 4.56. The van der Waals surface area contributed by atoms with E-state index in [-0.39, 0.29) is 0 Å². The third-order valence-electron chi connectivity index (χ3n) is 3.56. The number of fused-ring (bicyclic) bond motifs is 1. The number of nitrogens with one attached hydrogen (secondary N) is 1. The Kier molecular flexibility index (Phi) is 1.99.